The van der Waals surface area contributed by atoms with Crippen LogP contribution in [0.1, 0.15) is 40.8 Å². The smallest absolute Gasteiger partial charge is 0.459 e. The van der Waals surface area contributed by atoms with E-state index in [1.165, 1.54) is 25.4 Å². The molecular weight excluding hydrogens is 562 g/mol. The molecule has 0 amide bonds. The summed E-state index contributed by atoms with van der Waals surface area (Å²) in [6.45, 7) is 8.45. The number of aromatic nitrogens is 4. The molecular formula is C25H34FN6O8P. The number of esters is 1. The molecule has 16 heteroatoms. The van der Waals surface area contributed by atoms with Gasteiger partial charge in [0.2, 0.25) is 11.8 Å². The van der Waals surface area contributed by atoms with Crippen molar-refractivity contribution in [2.24, 2.45) is 5.41 Å². The van der Waals surface area contributed by atoms with Crippen molar-refractivity contribution in [3.8, 4) is 11.6 Å². The number of carbonyl (C=O) groups is 1. The lowest BCUT2D eigenvalue weighted by molar-refractivity contribution is -0.144. The standard InChI is InChI=1S/C25H34FN6O8P/c1-6-36-21-18-20(29-24(27)30-21)32(13-28-18)23-25(4,5)19(33)17(39-23)12-38-41(35,31-14(3)22(34)37-7-2)40-16-10-8-15(26)9-11-16/h8-11,13-14,17,19,23,33H,6-7,12H2,1-5H3,(H,31,35)(H2,27,29,30)/t14-,17+,19+,23+,41?/m0/s1. The summed E-state index contributed by atoms with van der Waals surface area (Å²) in [5.74, 6) is -0.997. The van der Waals surface area contributed by atoms with Gasteiger partial charge in [0, 0.05) is 5.41 Å². The Morgan fingerprint density at radius 1 is 1.27 bits per heavy atom. The number of halogens is 1. The third-order valence-corrected chi connectivity index (χ3v) is 8.08. The SMILES string of the molecule is CCOC(=O)[C@H](C)NP(=O)(OC[C@H]1O[C@@H](n2cnc3c(OCC)nc(N)nc32)C(C)(C)[C@@H]1O)Oc1ccc(F)cc1. The maximum Gasteiger partial charge on any atom is 0.459 e. The molecule has 0 radical (unpaired) electrons. The molecule has 5 atom stereocenters. The Kier molecular flexibility index (Phi) is 9.14. The van der Waals surface area contributed by atoms with Crippen molar-refractivity contribution in [2.45, 2.75) is 59.1 Å². The molecule has 0 bridgehead atoms. The molecule has 224 valence electrons. The molecule has 4 rings (SSSR count). The van der Waals surface area contributed by atoms with Crippen LogP contribution in [0.4, 0.5) is 10.3 Å². The van der Waals surface area contributed by atoms with Crippen LogP contribution < -0.4 is 20.1 Å². The van der Waals surface area contributed by atoms with Crippen LogP contribution in [-0.4, -0.2) is 68.7 Å². The second-order valence-electron chi connectivity index (χ2n) is 9.88. The summed E-state index contributed by atoms with van der Waals surface area (Å²) in [6.07, 6.45) is -1.43. The van der Waals surface area contributed by atoms with Gasteiger partial charge in [0.25, 0.3) is 0 Å². The highest BCUT2D eigenvalue weighted by molar-refractivity contribution is 7.52. The molecule has 1 unspecified atom stereocenters. The summed E-state index contributed by atoms with van der Waals surface area (Å²) in [5, 5.41) is 13.8. The molecule has 3 heterocycles. The third-order valence-electron chi connectivity index (χ3n) is 6.43. The van der Waals surface area contributed by atoms with E-state index in [9.17, 15) is 18.9 Å². The van der Waals surface area contributed by atoms with Crippen LogP contribution in [0.2, 0.25) is 0 Å². The predicted molar refractivity (Wildman–Crippen MR) is 144 cm³/mol. The molecule has 1 aliphatic heterocycles. The molecule has 4 N–H and O–H groups in total. The number of hydrogen-bond donors (Lipinski definition) is 3. The Bertz CT molecular complexity index is 1420. The van der Waals surface area contributed by atoms with Crippen LogP contribution in [0.15, 0.2) is 30.6 Å². The third kappa shape index (κ3) is 6.60. The fourth-order valence-electron chi connectivity index (χ4n) is 4.36. The van der Waals surface area contributed by atoms with Crippen molar-refractivity contribution in [2.75, 3.05) is 25.6 Å². The summed E-state index contributed by atoms with van der Waals surface area (Å²) in [7, 11) is -4.29. The number of fused-ring (bicyclic) bond motifs is 1. The molecule has 0 spiro atoms. The molecule has 1 aromatic carbocycles. The van der Waals surface area contributed by atoms with Gasteiger partial charge < -0.3 is 29.6 Å². The summed E-state index contributed by atoms with van der Waals surface area (Å²) in [4.78, 5) is 25.0. The highest BCUT2D eigenvalue weighted by Gasteiger charge is 2.52. The topological polar surface area (TPSA) is 182 Å². The van der Waals surface area contributed by atoms with Crippen LogP contribution in [0, 0.1) is 11.2 Å². The first-order valence-corrected chi connectivity index (χ1v) is 14.5. The van der Waals surface area contributed by atoms with Crippen LogP contribution in [0.3, 0.4) is 0 Å². The first-order valence-electron chi connectivity index (χ1n) is 13.0. The fourth-order valence-corrected chi connectivity index (χ4v) is 5.87. The fraction of sp³-hybridized carbons (Fsp3) is 0.520. The van der Waals surface area contributed by atoms with Gasteiger partial charge in [-0.1, -0.05) is 13.8 Å². The number of rotatable bonds is 12. The van der Waals surface area contributed by atoms with Gasteiger partial charge in [0.1, 0.15) is 29.9 Å². The van der Waals surface area contributed by atoms with Crippen molar-refractivity contribution in [1.29, 1.82) is 0 Å². The normalized spacial score (nSPS) is 22.3. The average molecular weight is 597 g/mol. The van der Waals surface area contributed by atoms with Gasteiger partial charge in [-0.05, 0) is 45.0 Å². The molecule has 1 aliphatic rings. The van der Waals surface area contributed by atoms with E-state index < -0.39 is 56.0 Å². The van der Waals surface area contributed by atoms with E-state index in [4.69, 9.17) is 29.0 Å². The molecule has 1 fully saturated rings. The zero-order valence-electron chi connectivity index (χ0n) is 23.3. The first-order chi connectivity index (χ1) is 19.4. The summed E-state index contributed by atoms with van der Waals surface area (Å²) >= 11 is 0. The minimum absolute atomic E-state index is 0.0247. The number of nitrogens with zero attached hydrogens (tertiary/aromatic N) is 4. The Morgan fingerprint density at radius 3 is 2.63 bits per heavy atom. The second-order valence-corrected chi connectivity index (χ2v) is 11.6. The van der Waals surface area contributed by atoms with Crippen LogP contribution in [-0.2, 0) is 23.4 Å². The molecule has 3 aromatic rings. The van der Waals surface area contributed by atoms with Gasteiger partial charge in [-0.2, -0.15) is 15.1 Å². The molecule has 0 aliphatic carbocycles. The number of nitrogens with one attached hydrogen (secondary N) is 1. The molecule has 41 heavy (non-hydrogen) atoms. The lowest BCUT2D eigenvalue weighted by Crippen LogP contribution is -2.38. The number of anilines is 1. The number of nitrogen functional groups attached to an aromatic ring is 1. The zero-order valence-corrected chi connectivity index (χ0v) is 24.2. The second kappa shape index (κ2) is 12.2. The van der Waals surface area contributed by atoms with E-state index in [-0.39, 0.29) is 24.2 Å². The number of imidazole rings is 1. The number of benzene rings is 1. The van der Waals surface area contributed by atoms with Crippen molar-refractivity contribution in [1.82, 2.24) is 24.6 Å². The minimum atomic E-state index is -4.29. The number of aliphatic hydroxyl groups excluding tert-OH is 1. The number of nitrogens with two attached hydrogens (primary N) is 1. The Morgan fingerprint density at radius 2 is 1.98 bits per heavy atom. The Labute approximate surface area is 235 Å². The van der Waals surface area contributed by atoms with Crippen molar-refractivity contribution in [3.63, 3.8) is 0 Å². The summed E-state index contributed by atoms with van der Waals surface area (Å²) in [6, 6.07) is 3.68. The zero-order chi connectivity index (χ0) is 29.9. The van der Waals surface area contributed by atoms with Crippen LogP contribution in [0.5, 0.6) is 11.6 Å². The summed E-state index contributed by atoms with van der Waals surface area (Å²) < 4.78 is 56.8. The highest BCUT2D eigenvalue weighted by atomic mass is 31.2. The lowest BCUT2D eigenvalue weighted by atomic mass is 9.84. The van der Waals surface area contributed by atoms with Gasteiger partial charge in [0.05, 0.1) is 32.3 Å². The number of aliphatic hydroxyl groups is 1. The average Bonchev–Trinajstić information content (AvgIpc) is 3.42. The molecule has 0 saturated carbocycles. The minimum Gasteiger partial charge on any atom is -0.476 e. The van der Waals surface area contributed by atoms with E-state index in [1.807, 2.05) is 0 Å². The largest absolute Gasteiger partial charge is 0.476 e. The number of carbonyl (C=O) groups excluding carboxylic acids is 1. The molecule has 2 aromatic heterocycles. The lowest BCUT2D eigenvalue weighted by Gasteiger charge is -2.29. The Hall–Kier alpha value is -3.36. The maximum absolute atomic E-state index is 13.8. The summed E-state index contributed by atoms with van der Waals surface area (Å²) in [5.41, 5.74) is 5.68. The Balaban J connectivity index is 1.57. The van der Waals surface area contributed by atoms with Crippen molar-refractivity contribution < 1.29 is 42.1 Å². The maximum atomic E-state index is 13.8. The van der Waals surface area contributed by atoms with Gasteiger partial charge in [-0.3, -0.25) is 13.9 Å². The van der Waals surface area contributed by atoms with Crippen LogP contribution in [0.25, 0.3) is 11.2 Å². The van der Waals surface area contributed by atoms with E-state index in [0.29, 0.717) is 17.8 Å². The van der Waals surface area contributed by atoms with Gasteiger partial charge >= 0.3 is 13.7 Å². The first kappa shape index (κ1) is 30.6. The highest BCUT2D eigenvalue weighted by Crippen LogP contribution is 2.49. The van der Waals surface area contributed by atoms with Crippen LogP contribution >= 0.6 is 7.75 Å². The van der Waals surface area contributed by atoms with Gasteiger partial charge in [0.15, 0.2) is 11.2 Å². The van der Waals surface area contributed by atoms with E-state index in [2.05, 4.69) is 20.0 Å². The van der Waals surface area contributed by atoms with Gasteiger partial charge in [-0.25, -0.2) is 13.9 Å². The monoisotopic (exact) mass is 596 g/mol. The van der Waals surface area contributed by atoms with E-state index in [0.717, 1.165) is 12.1 Å². The van der Waals surface area contributed by atoms with E-state index >= 15 is 0 Å². The predicted octanol–water partition coefficient (Wildman–Crippen LogP) is 2.98. The quantitative estimate of drug-likeness (QED) is 0.205. The number of hydrogen-bond acceptors (Lipinski definition) is 12. The van der Waals surface area contributed by atoms with Crippen molar-refractivity contribution >= 4 is 30.8 Å². The molecule has 1 saturated heterocycles. The molecule has 14 nitrogen and oxygen atoms in total. The van der Waals surface area contributed by atoms with Crippen molar-refractivity contribution in [3.05, 3.63) is 36.4 Å². The number of ether oxygens (including phenoxy) is 3. The van der Waals surface area contributed by atoms with E-state index in [1.54, 1.807) is 32.3 Å². The van der Waals surface area contributed by atoms with Gasteiger partial charge in [-0.15, -0.1) is 0 Å².